The van der Waals surface area contributed by atoms with Gasteiger partial charge < -0.3 is 0 Å². The van der Waals surface area contributed by atoms with Crippen LogP contribution in [0.3, 0.4) is 0 Å². The van der Waals surface area contributed by atoms with Gasteiger partial charge in [0, 0.05) is 8.40 Å². The van der Waals surface area contributed by atoms with E-state index in [1.54, 1.807) is 6.07 Å². The lowest BCUT2D eigenvalue weighted by Crippen LogP contribution is -1.98. The Morgan fingerprint density at radius 3 is 2.48 bits per heavy atom. The quantitative estimate of drug-likeness (QED) is 0.323. The summed E-state index contributed by atoms with van der Waals surface area (Å²) in [6.07, 6.45) is 0.881. The molecule has 0 aliphatic heterocycles. The summed E-state index contributed by atoms with van der Waals surface area (Å²) >= 11 is 5.92. The van der Waals surface area contributed by atoms with Crippen LogP contribution in [0.25, 0.3) is 10.8 Å². The van der Waals surface area contributed by atoms with Crippen LogP contribution in [0.15, 0.2) is 60.7 Å². The Hall–Kier alpha value is -0.940. The molecule has 0 aromatic heterocycles. The SMILES string of the molecule is Fc1ccc(C(Br)Cc2ccc3ccccc3c2)c(I)c1. The van der Waals surface area contributed by atoms with E-state index in [1.807, 2.05) is 6.07 Å². The molecule has 0 saturated heterocycles. The van der Waals surface area contributed by atoms with Gasteiger partial charge in [-0.15, -0.1) is 0 Å². The van der Waals surface area contributed by atoms with Gasteiger partial charge in [0.25, 0.3) is 0 Å². The van der Waals surface area contributed by atoms with Crippen LogP contribution < -0.4 is 0 Å². The minimum atomic E-state index is -0.187. The lowest BCUT2D eigenvalue weighted by Gasteiger charge is -2.13. The molecule has 0 N–H and O–H groups in total. The van der Waals surface area contributed by atoms with Gasteiger partial charge in [0.2, 0.25) is 0 Å². The minimum absolute atomic E-state index is 0.186. The van der Waals surface area contributed by atoms with Crippen molar-refractivity contribution in [2.24, 2.45) is 0 Å². The highest BCUT2D eigenvalue weighted by molar-refractivity contribution is 14.1. The van der Waals surface area contributed by atoms with Crippen molar-refractivity contribution in [2.75, 3.05) is 0 Å². The molecule has 3 rings (SSSR count). The zero-order valence-corrected chi connectivity index (χ0v) is 14.9. The standard InChI is InChI=1S/C18H13BrFI/c19-17(16-8-7-15(20)11-18(16)21)10-12-5-6-13-3-1-2-4-14(13)9-12/h1-9,11,17H,10H2. The molecule has 1 atom stereocenters. The van der Waals surface area contributed by atoms with Gasteiger partial charge in [-0.3, -0.25) is 0 Å². The number of hydrogen-bond acceptors (Lipinski definition) is 0. The second-order valence-corrected chi connectivity index (χ2v) is 7.29. The summed E-state index contributed by atoms with van der Waals surface area (Å²) in [5, 5.41) is 2.51. The van der Waals surface area contributed by atoms with E-state index in [-0.39, 0.29) is 10.6 Å². The molecule has 0 amide bonds. The highest BCUT2D eigenvalue weighted by Crippen LogP contribution is 2.31. The van der Waals surface area contributed by atoms with Crippen molar-refractivity contribution in [2.45, 2.75) is 11.2 Å². The van der Waals surface area contributed by atoms with E-state index in [0.29, 0.717) is 0 Å². The van der Waals surface area contributed by atoms with Crippen molar-refractivity contribution in [3.8, 4) is 0 Å². The summed E-state index contributed by atoms with van der Waals surface area (Å²) in [6, 6.07) is 19.8. The second kappa shape index (κ2) is 6.44. The fourth-order valence-corrected chi connectivity index (χ4v) is 4.49. The van der Waals surface area contributed by atoms with E-state index < -0.39 is 0 Å². The fraction of sp³-hybridized carbons (Fsp3) is 0.111. The molecule has 3 aromatic rings. The van der Waals surface area contributed by atoms with Crippen LogP contribution in [0.4, 0.5) is 4.39 Å². The van der Waals surface area contributed by atoms with Gasteiger partial charge in [0.1, 0.15) is 5.82 Å². The van der Waals surface area contributed by atoms with Crippen molar-refractivity contribution in [1.82, 2.24) is 0 Å². The molecule has 0 aliphatic carbocycles. The van der Waals surface area contributed by atoms with Crippen LogP contribution in [0.1, 0.15) is 16.0 Å². The van der Waals surface area contributed by atoms with E-state index in [4.69, 9.17) is 0 Å². The van der Waals surface area contributed by atoms with Crippen molar-refractivity contribution in [1.29, 1.82) is 0 Å². The number of fused-ring (bicyclic) bond motifs is 1. The third-order valence-electron chi connectivity index (χ3n) is 3.53. The van der Waals surface area contributed by atoms with E-state index in [9.17, 15) is 4.39 Å². The van der Waals surface area contributed by atoms with Gasteiger partial charge in [-0.05, 0) is 63.0 Å². The molecule has 0 radical (unpaired) electrons. The predicted octanol–water partition coefficient (Wildman–Crippen LogP) is 6.26. The summed E-state index contributed by atoms with van der Waals surface area (Å²) in [5.41, 5.74) is 2.40. The Labute approximate surface area is 145 Å². The van der Waals surface area contributed by atoms with Crippen molar-refractivity contribution in [3.05, 3.63) is 81.2 Å². The lowest BCUT2D eigenvalue weighted by molar-refractivity contribution is 0.625. The maximum Gasteiger partial charge on any atom is 0.124 e. The summed E-state index contributed by atoms with van der Waals surface area (Å²) in [7, 11) is 0. The highest BCUT2D eigenvalue weighted by atomic mass is 127. The first-order valence-corrected chi connectivity index (χ1v) is 8.69. The van der Waals surface area contributed by atoms with Crippen molar-refractivity contribution < 1.29 is 4.39 Å². The van der Waals surface area contributed by atoms with Gasteiger partial charge in [0.05, 0.1) is 0 Å². The summed E-state index contributed by atoms with van der Waals surface area (Å²) < 4.78 is 14.1. The molecule has 3 aromatic carbocycles. The van der Waals surface area contributed by atoms with Crippen LogP contribution in [0.2, 0.25) is 0 Å². The first-order chi connectivity index (χ1) is 10.1. The van der Waals surface area contributed by atoms with Gasteiger partial charge >= 0.3 is 0 Å². The number of alkyl halides is 1. The summed E-state index contributed by atoms with van der Waals surface area (Å²) in [5.74, 6) is -0.187. The van der Waals surface area contributed by atoms with Gasteiger partial charge in [0.15, 0.2) is 0 Å². The molecule has 0 spiro atoms. The Morgan fingerprint density at radius 1 is 0.952 bits per heavy atom. The summed E-state index contributed by atoms with van der Waals surface area (Å²) in [4.78, 5) is 0.186. The molecule has 0 heterocycles. The molecule has 3 heteroatoms. The molecule has 0 saturated carbocycles. The predicted molar refractivity (Wildman–Crippen MR) is 98.4 cm³/mol. The normalized spacial score (nSPS) is 12.5. The van der Waals surface area contributed by atoms with E-state index in [2.05, 4.69) is 81.0 Å². The molecular formula is C18H13BrFI. The molecule has 21 heavy (non-hydrogen) atoms. The van der Waals surface area contributed by atoms with Gasteiger partial charge in [-0.2, -0.15) is 0 Å². The molecule has 0 fully saturated rings. The smallest absolute Gasteiger partial charge is 0.124 e. The molecule has 0 bridgehead atoms. The third-order valence-corrected chi connectivity index (χ3v) is 5.28. The highest BCUT2D eigenvalue weighted by Gasteiger charge is 2.12. The van der Waals surface area contributed by atoms with E-state index in [0.717, 1.165) is 15.6 Å². The average molecular weight is 455 g/mol. The zero-order chi connectivity index (χ0) is 14.8. The Morgan fingerprint density at radius 2 is 1.71 bits per heavy atom. The number of rotatable bonds is 3. The monoisotopic (exact) mass is 454 g/mol. The van der Waals surface area contributed by atoms with Crippen LogP contribution in [0, 0.1) is 9.39 Å². The second-order valence-electron chi connectivity index (χ2n) is 5.02. The maximum absolute atomic E-state index is 13.2. The lowest BCUT2D eigenvalue weighted by atomic mass is 10.0. The zero-order valence-electron chi connectivity index (χ0n) is 11.2. The van der Waals surface area contributed by atoms with E-state index >= 15 is 0 Å². The molecule has 0 aliphatic rings. The van der Waals surface area contributed by atoms with Crippen molar-refractivity contribution >= 4 is 49.3 Å². The maximum atomic E-state index is 13.2. The van der Waals surface area contributed by atoms with Crippen LogP contribution in [-0.2, 0) is 6.42 Å². The van der Waals surface area contributed by atoms with E-state index in [1.165, 1.54) is 22.4 Å². The molecule has 0 nitrogen and oxygen atoms in total. The molecule has 106 valence electrons. The number of hydrogen-bond donors (Lipinski definition) is 0. The Balaban J connectivity index is 1.87. The average Bonchev–Trinajstić information content (AvgIpc) is 2.47. The van der Waals surface area contributed by atoms with Gasteiger partial charge in [-0.25, -0.2) is 4.39 Å². The Kier molecular flexibility index (Phi) is 4.60. The molecule has 1 unspecified atom stereocenters. The molecular weight excluding hydrogens is 442 g/mol. The van der Waals surface area contributed by atoms with Crippen LogP contribution >= 0.6 is 38.5 Å². The topological polar surface area (TPSA) is 0 Å². The largest absolute Gasteiger partial charge is 0.207 e. The van der Waals surface area contributed by atoms with Crippen LogP contribution in [0.5, 0.6) is 0 Å². The van der Waals surface area contributed by atoms with Gasteiger partial charge in [-0.1, -0.05) is 64.5 Å². The number of benzene rings is 3. The fourth-order valence-electron chi connectivity index (χ4n) is 2.44. The Bertz CT molecular complexity index is 785. The summed E-state index contributed by atoms with van der Waals surface area (Å²) in [6.45, 7) is 0. The third kappa shape index (κ3) is 3.46. The van der Waals surface area contributed by atoms with Crippen LogP contribution in [-0.4, -0.2) is 0 Å². The minimum Gasteiger partial charge on any atom is -0.207 e. The first-order valence-electron chi connectivity index (χ1n) is 6.70. The van der Waals surface area contributed by atoms with Crippen molar-refractivity contribution in [3.63, 3.8) is 0 Å². The first kappa shape index (κ1) is 15.0. The number of halogens is 3.